The predicted octanol–water partition coefficient (Wildman–Crippen LogP) is 2.28. The SMILES string of the molecule is COC(=O)CCCOc1cc(CNC2CC2)ccc1OC. The number of ether oxygens (including phenoxy) is 3. The number of rotatable bonds is 9. The lowest BCUT2D eigenvalue weighted by molar-refractivity contribution is -0.140. The molecule has 0 heterocycles. The molecule has 1 fully saturated rings. The van der Waals surface area contributed by atoms with Crippen LogP contribution in [0.25, 0.3) is 0 Å². The molecule has 0 aromatic heterocycles. The van der Waals surface area contributed by atoms with Crippen LogP contribution < -0.4 is 14.8 Å². The van der Waals surface area contributed by atoms with E-state index in [-0.39, 0.29) is 5.97 Å². The van der Waals surface area contributed by atoms with Crippen molar-refractivity contribution in [1.82, 2.24) is 5.32 Å². The van der Waals surface area contributed by atoms with Gasteiger partial charge in [0.1, 0.15) is 0 Å². The molecule has 0 atom stereocenters. The Morgan fingerprint density at radius 2 is 2.10 bits per heavy atom. The highest BCUT2D eigenvalue weighted by Gasteiger charge is 2.20. The number of hydrogen-bond donors (Lipinski definition) is 1. The molecule has 1 aromatic carbocycles. The lowest BCUT2D eigenvalue weighted by Crippen LogP contribution is -2.15. The molecule has 1 aromatic rings. The number of methoxy groups -OCH3 is 2. The number of benzene rings is 1. The van der Waals surface area contributed by atoms with E-state index in [1.165, 1.54) is 25.5 Å². The summed E-state index contributed by atoms with van der Waals surface area (Å²) in [7, 11) is 3.02. The van der Waals surface area contributed by atoms with Crippen molar-refractivity contribution in [3.05, 3.63) is 23.8 Å². The molecule has 116 valence electrons. The van der Waals surface area contributed by atoms with Crippen LogP contribution >= 0.6 is 0 Å². The van der Waals surface area contributed by atoms with E-state index < -0.39 is 0 Å². The van der Waals surface area contributed by atoms with E-state index in [1.807, 2.05) is 18.2 Å². The summed E-state index contributed by atoms with van der Waals surface area (Å²) in [6.45, 7) is 1.30. The zero-order valence-corrected chi connectivity index (χ0v) is 12.7. The van der Waals surface area contributed by atoms with Crippen molar-refractivity contribution in [3.8, 4) is 11.5 Å². The summed E-state index contributed by atoms with van der Waals surface area (Å²) in [6.07, 6.45) is 3.53. The van der Waals surface area contributed by atoms with Crippen LogP contribution in [-0.2, 0) is 16.1 Å². The Morgan fingerprint density at radius 1 is 1.29 bits per heavy atom. The summed E-state index contributed by atoms with van der Waals surface area (Å²) in [5.74, 6) is 1.22. The highest BCUT2D eigenvalue weighted by molar-refractivity contribution is 5.69. The summed E-state index contributed by atoms with van der Waals surface area (Å²) < 4.78 is 15.6. The third kappa shape index (κ3) is 5.27. The van der Waals surface area contributed by atoms with Crippen molar-refractivity contribution in [2.75, 3.05) is 20.8 Å². The molecule has 5 nitrogen and oxygen atoms in total. The zero-order valence-electron chi connectivity index (χ0n) is 12.7. The van der Waals surface area contributed by atoms with Crippen LogP contribution in [0.4, 0.5) is 0 Å². The standard InChI is InChI=1S/C16H23NO4/c1-19-14-8-5-12(11-17-13-6-7-13)10-15(14)21-9-3-4-16(18)20-2/h5,8,10,13,17H,3-4,6-7,9,11H2,1-2H3. The maximum atomic E-state index is 11.0. The van der Waals surface area contributed by atoms with E-state index in [2.05, 4.69) is 10.1 Å². The summed E-state index contributed by atoms with van der Waals surface area (Å²) >= 11 is 0. The summed E-state index contributed by atoms with van der Waals surface area (Å²) in [4.78, 5) is 11.0. The maximum absolute atomic E-state index is 11.0. The van der Waals surface area contributed by atoms with Gasteiger partial charge in [-0.3, -0.25) is 4.79 Å². The van der Waals surface area contributed by atoms with E-state index in [9.17, 15) is 4.79 Å². The van der Waals surface area contributed by atoms with Gasteiger partial charge in [-0.25, -0.2) is 0 Å². The first-order valence-corrected chi connectivity index (χ1v) is 7.33. The molecule has 0 amide bonds. The number of nitrogens with one attached hydrogen (secondary N) is 1. The van der Waals surface area contributed by atoms with Gasteiger partial charge in [-0.1, -0.05) is 6.07 Å². The molecule has 0 radical (unpaired) electrons. The first-order valence-electron chi connectivity index (χ1n) is 7.33. The van der Waals surface area contributed by atoms with Crippen LogP contribution in [0.15, 0.2) is 18.2 Å². The van der Waals surface area contributed by atoms with Crippen LogP contribution in [0.3, 0.4) is 0 Å². The molecule has 0 aliphatic heterocycles. The lowest BCUT2D eigenvalue weighted by Gasteiger charge is -2.12. The topological polar surface area (TPSA) is 56.8 Å². The van der Waals surface area contributed by atoms with E-state index in [0.717, 1.165) is 12.3 Å². The first-order chi connectivity index (χ1) is 10.2. The van der Waals surface area contributed by atoms with E-state index in [1.54, 1.807) is 7.11 Å². The number of carbonyl (C=O) groups excluding carboxylic acids is 1. The average molecular weight is 293 g/mol. The van der Waals surface area contributed by atoms with Gasteiger partial charge in [0.2, 0.25) is 0 Å². The normalized spacial score (nSPS) is 13.8. The molecule has 0 unspecified atom stereocenters. The molecule has 1 N–H and O–H groups in total. The maximum Gasteiger partial charge on any atom is 0.305 e. The van der Waals surface area contributed by atoms with Gasteiger partial charge in [-0.2, -0.15) is 0 Å². The van der Waals surface area contributed by atoms with Crippen molar-refractivity contribution in [2.45, 2.75) is 38.3 Å². The summed E-state index contributed by atoms with van der Waals surface area (Å²) in [5.41, 5.74) is 1.17. The second-order valence-corrected chi connectivity index (χ2v) is 5.17. The van der Waals surface area contributed by atoms with E-state index >= 15 is 0 Å². The monoisotopic (exact) mass is 293 g/mol. The van der Waals surface area contributed by atoms with E-state index in [0.29, 0.717) is 31.2 Å². The number of hydrogen-bond acceptors (Lipinski definition) is 5. The second kappa shape index (κ2) is 7.88. The van der Waals surface area contributed by atoms with Gasteiger partial charge in [0.25, 0.3) is 0 Å². The van der Waals surface area contributed by atoms with Gasteiger partial charge in [0, 0.05) is 19.0 Å². The van der Waals surface area contributed by atoms with Gasteiger partial charge in [-0.15, -0.1) is 0 Å². The van der Waals surface area contributed by atoms with Gasteiger partial charge in [0.05, 0.1) is 20.8 Å². The van der Waals surface area contributed by atoms with Gasteiger partial charge in [-0.05, 0) is 37.0 Å². The molecule has 2 rings (SSSR count). The van der Waals surface area contributed by atoms with Crippen LogP contribution in [0.1, 0.15) is 31.2 Å². The molecule has 1 saturated carbocycles. The van der Waals surface area contributed by atoms with Crippen molar-refractivity contribution >= 4 is 5.97 Å². The Balaban J connectivity index is 1.85. The molecule has 1 aliphatic rings. The summed E-state index contributed by atoms with van der Waals surface area (Å²) in [6, 6.07) is 6.62. The van der Waals surface area contributed by atoms with Crippen molar-refractivity contribution < 1.29 is 19.0 Å². The van der Waals surface area contributed by atoms with Gasteiger partial charge < -0.3 is 19.5 Å². The largest absolute Gasteiger partial charge is 0.493 e. The van der Waals surface area contributed by atoms with Gasteiger partial charge in [0.15, 0.2) is 11.5 Å². The smallest absolute Gasteiger partial charge is 0.305 e. The minimum absolute atomic E-state index is 0.215. The number of carbonyl (C=O) groups is 1. The van der Waals surface area contributed by atoms with Gasteiger partial charge >= 0.3 is 5.97 Å². The third-order valence-corrected chi connectivity index (χ3v) is 3.41. The Hall–Kier alpha value is -1.75. The quantitative estimate of drug-likeness (QED) is 0.559. The molecular weight excluding hydrogens is 270 g/mol. The van der Waals surface area contributed by atoms with Crippen LogP contribution in [0.5, 0.6) is 11.5 Å². The summed E-state index contributed by atoms with van der Waals surface area (Å²) in [5, 5.41) is 3.47. The molecule has 5 heteroatoms. The first kappa shape index (κ1) is 15.6. The van der Waals surface area contributed by atoms with Crippen molar-refractivity contribution in [3.63, 3.8) is 0 Å². The lowest BCUT2D eigenvalue weighted by atomic mass is 10.2. The average Bonchev–Trinajstić information content (AvgIpc) is 3.33. The minimum atomic E-state index is -0.215. The Kier molecular flexibility index (Phi) is 5.87. The van der Waals surface area contributed by atoms with Crippen molar-refractivity contribution in [2.24, 2.45) is 0 Å². The van der Waals surface area contributed by atoms with Crippen LogP contribution in [-0.4, -0.2) is 32.8 Å². The van der Waals surface area contributed by atoms with Crippen LogP contribution in [0, 0.1) is 0 Å². The molecular formula is C16H23NO4. The highest BCUT2D eigenvalue weighted by atomic mass is 16.5. The molecule has 1 aliphatic carbocycles. The van der Waals surface area contributed by atoms with Crippen molar-refractivity contribution in [1.29, 1.82) is 0 Å². The van der Waals surface area contributed by atoms with Crippen LogP contribution in [0.2, 0.25) is 0 Å². The highest BCUT2D eigenvalue weighted by Crippen LogP contribution is 2.29. The Bertz CT molecular complexity index is 471. The molecule has 0 bridgehead atoms. The fourth-order valence-electron chi connectivity index (χ4n) is 1.99. The Labute approximate surface area is 125 Å². The minimum Gasteiger partial charge on any atom is -0.493 e. The molecule has 0 saturated heterocycles. The van der Waals surface area contributed by atoms with E-state index in [4.69, 9.17) is 9.47 Å². The predicted molar refractivity (Wildman–Crippen MR) is 79.6 cm³/mol. The second-order valence-electron chi connectivity index (χ2n) is 5.17. The Morgan fingerprint density at radius 3 is 2.76 bits per heavy atom. The molecule has 21 heavy (non-hydrogen) atoms. The molecule has 0 spiro atoms. The fraction of sp³-hybridized carbons (Fsp3) is 0.562. The third-order valence-electron chi connectivity index (χ3n) is 3.41. The number of esters is 1. The fourth-order valence-corrected chi connectivity index (χ4v) is 1.99. The zero-order chi connectivity index (χ0) is 15.1.